The predicted octanol–water partition coefficient (Wildman–Crippen LogP) is 0.721. The Kier molecular flexibility index (Phi) is 3.04. The normalized spacial score (nSPS) is 24.8. The Morgan fingerprint density at radius 2 is 1.95 bits per heavy atom. The Balaban J connectivity index is 2.38. The number of ether oxygens (including phenoxy) is 1. The number of aliphatic hydroxyl groups is 3. The van der Waals surface area contributed by atoms with Crippen LogP contribution in [0.3, 0.4) is 0 Å². The van der Waals surface area contributed by atoms with Crippen LogP contribution in [0.4, 0.5) is 10.5 Å². The minimum absolute atomic E-state index is 0.472. The fraction of sp³-hybridized carbons (Fsp3) is 0.500. The number of benzene rings is 1. The fourth-order valence-corrected chi connectivity index (χ4v) is 3.68. The van der Waals surface area contributed by atoms with E-state index < -0.39 is 36.6 Å². The molecule has 3 rings (SSSR count). The Morgan fingerprint density at radius 1 is 1.33 bits per heavy atom. The highest BCUT2D eigenvalue weighted by molar-refractivity contribution is 7.80. The minimum atomic E-state index is -1.39. The van der Waals surface area contributed by atoms with Crippen molar-refractivity contribution in [2.75, 3.05) is 18.1 Å². The maximum absolute atomic E-state index is 12.2. The third kappa shape index (κ3) is 1.63. The second-order valence-corrected chi connectivity index (χ2v) is 6.43. The molecule has 7 heteroatoms. The summed E-state index contributed by atoms with van der Waals surface area (Å²) in [4.78, 5) is 13.9. The number of carbonyl (C=O) groups excluding carboxylic acids is 1. The highest BCUT2D eigenvalue weighted by Crippen LogP contribution is 2.53. The van der Waals surface area contributed by atoms with E-state index in [1.807, 2.05) is 0 Å². The highest BCUT2D eigenvalue weighted by Gasteiger charge is 2.57. The van der Waals surface area contributed by atoms with Gasteiger partial charge in [0.2, 0.25) is 0 Å². The number of nitrogens with zero attached hydrogens (tertiary/aromatic N) is 1. The van der Waals surface area contributed by atoms with Gasteiger partial charge in [0.15, 0.2) is 6.23 Å². The molecule has 1 aromatic carbocycles. The number of thiol groups is 1. The number of hydrogen-bond donors (Lipinski definition) is 4. The van der Waals surface area contributed by atoms with E-state index in [4.69, 9.17) is 4.74 Å². The molecule has 0 spiro atoms. The topological polar surface area (TPSA) is 90.2 Å². The standard InChI is InChI=1S/C14H17NO5S/c1-13(2)9-8(21)4-3-7-10(9)15(12(19)20-13)11(18)14(7,5-16)6-17/h3-4,11,16-18,21H,5-6H2,1-2H3. The number of cyclic esters (lactones) is 1. The molecule has 0 bridgehead atoms. The predicted molar refractivity (Wildman–Crippen MR) is 77.5 cm³/mol. The third-order valence-electron chi connectivity index (χ3n) is 4.38. The monoisotopic (exact) mass is 311 g/mol. The second-order valence-electron chi connectivity index (χ2n) is 5.95. The summed E-state index contributed by atoms with van der Waals surface area (Å²) in [5.41, 5.74) is -0.579. The molecule has 1 amide bonds. The number of aliphatic hydroxyl groups excluding tert-OH is 3. The quantitative estimate of drug-likeness (QED) is 0.604. The van der Waals surface area contributed by atoms with Crippen LogP contribution in [0.5, 0.6) is 0 Å². The van der Waals surface area contributed by atoms with Crippen LogP contribution in [0.2, 0.25) is 0 Å². The molecule has 0 aromatic heterocycles. The Morgan fingerprint density at radius 3 is 2.52 bits per heavy atom. The smallest absolute Gasteiger partial charge is 0.417 e. The van der Waals surface area contributed by atoms with E-state index in [0.29, 0.717) is 21.7 Å². The Bertz CT molecular complexity index is 626. The number of amides is 1. The zero-order chi connectivity index (χ0) is 15.6. The van der Waals surface area contributed by atoms with Gasteiger partial charge in [-0.05, 0) is 25.5 Å². The zero-order valence-electron chi connectivity index (χ0n) is 11.7. The van der Waals surface area contributed by atoms with E-state index in [2.05, 4.69) is 12.6 Å². The van der Waals surface area contributed by atoms with Gasteiger partial charge in [-0.15, -0.1) is 12.6 Å². The molecule has 3 N–H and O–H groups in total. The molecule has 0 saturated heterocycles. The van der Waals surface area contributed by atoms with E-state index in [1.54, 1.807) is 26.0 Å². The van der Waals surface area contributed by atoms with Crippen molar-refractivity contribution in [3.05, 3.63) is 23.3 Å². The lowest BCUT2D eigenvalue weighted by Crippen LogP contribution is -2.53. The summed E-state index contributed by atoms with van der Waals surface area (Å²) < 4.78 is 5.39. The first kappa shape index (κ1) is 14.6. The first-order valence-corrected chi connectivity index (χ1v) is 7.04. The van der Waals surface area contributed by atoms with Crippen LogP contribution in [-0.4, -0.2) is 40.9 Å². The highest BCUT2D eigenvalue weighted by atomic mass is 32.1. The molecule has 0 aliphatic carbocycles. The largest absolute Gasteiger partial charge is 0.438 e. The Hall–Kier alpha value is -1.28. The number of carbonyl (C=O) groups is 1. The summed E-state index contributed by atoms with van der Waals surface area (Å²) >= 11 is 4.41. The van der Waals surface area contributed by atoms with Gasteiger partial charge in [0, 0.05) is 10.5 Å². The summed E-state index contributed by atoms with van der Waals surface area (Å²) in [6, 6.07) is 3.39. The summed E-state index contributed by atoms with van der Waals surface area (Å²) in [5.74, 6) is 0. The molecule has 6 nitrogen and oxygen atoms in total. The van der Waals surface area contributed by atoms with Gasteiger partial charge in [-0.2, -0.15) is 0 Å². The van der Waals surface area contributed by atoms with Crippen LogP contribution in [0.1, 0.15) is 25.0 Å². The molecule has 2 heterocycles. The van der Waals surface area contributed by atoms with Crippen molar-refractivity contribution in [3.8, 4) is 0 Å². The van der Waals surface area contributed by atoms with Crippen LogP contribution in [0.15, 0.2) is 17.0 Å². The van der Waals surface area contributed by atoms with Crippen molar-refractivity contribution in [2.45, 2.75) is 36.0 Å². The first-order valence-electron chi connectivity index (χ1n) is 6.59. The maximum atomic E-state index is 12.2. The van der Waals surface area contributed by atoms with Gasteiger partial charge < -0.3 is 20.1 Å². The van der Waals surface area contributed by atoms with Crippen LogP contribution in [0, 0.1) is 0 Å². The van der Waals surface area contributed by atoms with Crippen molar-refractivity contribution in [3.63, 3.8) is 0 Å². The van der Waals surface area contributed by atoms with Crippen molar-refractivity contribution < 1.29 is 24.9 Å². The molecule has 0 saturated carbocycles. The molecule has 2 aliphatic heterocycles. The Labute approximate surface area is 127 Å². The van der Waals surface area contributed by atoms with E-state index in [9.17, 15) is 20.1 Å². The second kappa shape index (κ2) is 4.36. The van der Waals surface area contributed by atoms with Crippen LogP contribution < -0.4 is 4.90 Å². The van der Waals surface area contributed by atoms with Gasteiger partial charge in [-0.1, -0.05) is 6.07 Å². The molecule has 21 heavy (non-hydrogen) atoms. The summed E-state index contributed by atoms with van der Waals surface area (Å²) in [6.07, 6.45) is -2.09. The van der Waals surface area contributed by atoms with Crippen molar-refractivity contribution in [2.24, 2.45) is 0 Å². The molecule has 1 unspecified atom stereocenters. The molecule has 2 aliphatic rings. The SMILES string of the molecule is CC1(C)OC(=O)N2c3c(ccc(S)c31)C(CO)(CO)C2O. The lowest BCUT2D eigenvalue weighted by atomic mass is 9.80. The van der Waals surface area contributed by atoms with Gasteiger partial charge in [-0.3, -0.25) is 0 Å². The molecular weight excluding hydrogens is 294 g/mol. The zero-order valence-corrected chi connectivity index (χ0v) is 12.6. The van der Waals surface area contributed by atoms with Gasteiger partial charge in [0.25, 0.3) is 0 Å². The molecule has 114 valence electrons. The fourth-order valence-electron chi connectivity index (χ4n) is 3.23. The number of hydrogen-bond acceptors (Lipinski definition) is 6. The number of anilines is 1. The van der Waals surface area contributed by atoms with Gasteiger partial charge in [-0.25, -0.2) is 9.69 Å². The van der Waals surface area contributed by atoms with Crippen LogP contribution >= 0.6 is 12.6 Å². The minimum Gasteiger partial charge on any atom is -0.438 e. The molecule has 1 atom stereocenters. The van der Waals surface area contributed by atoms with Crippen LogP contribution in [-0.2, 0) is 15.8 Å². The van der Waals surface area contributed by atoms with Crippen LogP contribution in [0.25, 0.3) is 0 Å². The first-order chi connectivity index (χ1) is 9.80. The van der Waals surface area contributed by atoms with Crippen molar-refractivity contribution in [1.82, 2.24) is 0 Å². The maximum Gasteiger partial charge on any atom is 0.417 e. The summed E-state index contributed by atoms with van der Waals surface area (Å²) in [6.45, 7) is 2.49. The summed E-state index contributed by atoms with van der Waals surface area (Å²) in [5, 5.41) is 29.9. The van der Waals surface area contributed by atoms with Gasteiger partial charge >= 0.3 is 6.09 Å². The van der Waals surface area contributed by atoms with E-state index in [-0.39, 0.29) is 0 Å². The van der Waals surface area contributed by atoms with Crippen molar-refractivity contribution in [1.29, 1.82) is 0 Å². The summed E-state index contributed by atoms with van der Waals surface area (Å²) in [7, 11) is 0. The molecular formula is C14H17NO5S. The number of rotatable bonds is 2. The molecule has 1 aromatic rings. The average molecular weight is 311 g/mol. The molecule has 0 fully saturated rings. The third-order valence-corrected chi connectivity index (χ3v) is 4.75. The molecule has 0 radical (unpaired) electrons. The van der Waals surface area contributed by atoms with E-state index in [1.165, 1.54) is 0 Å². The average Bonchev–Trinajstić information content (AvgIpc) is 2.65. The lowest BCUT2D eigenvalue weighted by Gasteiger charge is -2.38. The van der Waals surface area contributed by atoms with Gasteiger partial charge in [0.05, 0.1) is 24.3 Å². The lowest BCUT2D eigenvalue weighted by molar-refractivity contribution is -0.00560. The van der Waals surface area contributed by atoms with Crippen molar-refractivity contribution >= 4 is 24.4 Å². The van der Waals surface area contributed by atoms with E-state index in [0.717, 1.165) is 4.90 Å². The van der Waals surface area contributed by atoms with Gasteiger partial charge in [0.1, 0.15) is 5.60 Å². The van der Waals surface area contributed by atoms with E-state index >= 15 is 0 Å².